The number of aromatic nitrogens is 1. The lowest BCUT2D eigenvalue weighted by atomic mass is 10.1. The number of nitrogens with one attached hydrogen (secondary N) is 1. The molecule has 0 radical (unpaired) electrons. The lowest BCUT2D eigenvalue weighted by Crippen LogP contribution is -2.09. The summed E-state index contributed by atoms with van der Waals surface area (Å²) < 4.78 is 5.40. The summed E-state index contributed by atoms with van der Waals surface area (Å²) in [5.74, 6) is -0.400. The van der Waals surface area contributed by atoms with Gasteiger partial charge >= 0.3 is 5.97 Å². The van der Waals surface area contributed by atoms with E-state index in [9.17, 15) is 14.9 Å². The summed E-state index contributed by atoms with van der Waals surface area (Å²) in [4.78, 5) is 28.7. The number of carbonyl (C=O) groups excluding carboxylic acids is 1. The van der Waals surface area contributed by atoms with Gasteiger partial charge in [-0.3, -0.25) is 15.5 Å². The maximum atomic E-state index is 12.5. The van der Waals surface area contributed by atoms with E-state index < -0.39 is 10.9 Å². The van der Waals surface area contributed by atoms with Crippen molar-refractivity contribution in [3.63, 3.8) is 0 Å². The lowest BCUT2D eigenvalue weighted by molar-refractivity contribution is -0.384. The number of anilines is 1. The molecule has 0 atom stereocenters. The van der Waals surface area contributed by atoms with Gasteiger partial charge in [0.1, 0.15) is 5.75 Å². The fourth-order valence-electron chi connectivity index (χ4n) is 3.68. The first kappa shape index (κ1) is 24.5. The maximum Gasteiger partial charge on any atom is 0.343 e. The normalized spacial score (nSPS) is 10.8. The average Bonchev–Trinajstić information content (AvgIpc) is 3.38. The van der Waals surface area contributed by atoms with Crippen molar-refractivity contribution in [2.75, 3.05) is 5.43 Å². The summed E-state index contributed by atoms with van der Waals surface area (Å²) >= 11 is 1.50. The third kappa shape index (κ3) is 5.80. The summed E-state index contributed by atoms with van der Waals surface area (Å²) in [5, 5.41) is 15.9. The van der Waals surface area contributed by atoms with Gasteiger partial charge in [-0.2, -0.15) is 5.10 Å². The van der Waals surface area contributed by atoms with Crippen molar-refractivity contribution < 1.29 is 14.5 Å². The van der Waals surface area contributed by atoms with Crippen molar-refractivity contribution in [1.29, 1.82) is 0 Å². The molecule has 1 N–H and O–H groups in total. The minimum atomic E-state index is -0.689. The molecule has 0 bridgehead atoms. The van der Waals surface area contributed by atoms with Crippen molar-refractivity contribution >= 4 is 34.3 Å². The van der Waals surface area contributed by atoms with Crippen LogP contribution in [0.5, 0.6) is 5.75 Å². The standard InChI is InChI=1S/C29H20N4O4S/c34-28(23-14-8-15-24(18-23)33(35)36)37-25-16-7-9-20(17-25)19-30-32-29-31-26(21-10-3-1-4-11-21)27(38-29)22-12-5-2-6-13-22/h1-19H,(H,31,32)/b30-19-. The van der Waals surface area contributed by atoms with Crippen molar-refractivity contribution in [3.8, 4) is 27.4 Å². The van der Waals surface area contributed by atoms with Crippen LogP contribution in [0.2, 0.25) is 0 Å². The summed E-state index contributed by atoms with van der Waals surface area (Å²) in [6.07, 6.45) is 1.59. The van der Waals surface area contributed by atoms with Gasteiger partial charge in [0.25, 0.3) is 5.69 Å². The number of non-ortho nitro benzene ring substituents is 1. The Morgan fingerprint density at radius 2 is 1.61 bits per heavy atom. The number of hydrazone groups is 1. The van der Waals surface area contributed by atoms with Crippen molar-refractivity contribution in [2.24, 2.45) is 5.10 Å². The molecule has 0 amide bonds. The second-order valence-electron chi connectivity index (χ2n) is 8.07. The Kier molecular flexibility index (Phi) is 7.28. The van der Waals surface area contributed by atoms with Crippen LogP contribution >= 0.6 is 11.3 Å². The third-order valence-corrected chi connectivity index (χ3v) is 6.45. The highest BCUT2D eigenvalue weighted by molar-refractivity contribution is 7.19. The smallest absolute Gasteiger partial charge is 0.343 e. The number of nitro groups is 1. The Morgan fingerprint density at radius 3 is 2.34 bits per heavy atom. The molecule has 0 aliphatic heterocycles. The first-order valence-electron chi connectivity index (χ1n) is 11.5. The number of rotatable bonds is 8. The van der Waals surface area contributed by atoms with E-state index >= 15 is 0 Å². The Labute approximate surface area is 222 Å². The van der Waals surface area contributed by atoms with E-state index in [2.05, 4.69) is 10.5 Å². The topological polar surface area (TPSA) is 107 Å². The Bertz CT molecular complexity index is 1560. The molecular formula is C29H20N4O4S. The van der Waals surface area contributed by atoms with E-state index in [-0.39, 0.29) is 17.0 Å². The second kappa shape index (κ2) is 11.3. The Balaban J connectivity index is 1.31. The molecule has 0 saturated heterocycles. The van der Waals surface area contributed by atoms with Crippen LogP contribution in [0.25, 0.3) is 21.7 Å². The molecule has 0 saturated carbocycles. The molecule has 186 valence electrons. The van der Waals surface area contributed by atoms with Crippen LogP contribution < -0.4 is 10.2 Å². The van der Waals surface area contributed by atoms with Crippen LogP contribution in [0.1, 0.15) is 15.9 Å². The van der Waals surface area contributed by atoms with E-state index in [0.29, 0.717) is 10.7 Å². The van der Waals surface area contributed by atoms with E-state index in [1.54, 1.807) is 24.4 Å². The highest BCUT2D eigenvalue weighted by Gasteiger charge is 2.15. The Morgan fingerprint density at radius 1 is 0.895 bits per heavy atom. The van der Waals surface area contributed by atoms with Gasteiger partial charge < -0.3 is 4.74 Å². The first-order chi connectivity index (χ1) is 18.6. The van der Waals surface area contributed by atoms with E-state index in [4.69, 9.17) is 9.72 Å². The Hall–Kier alpha value is -5.15. The summed E-state index contributed by atoms with van der Waals surface area (Å²) in [6, 6.07) is 32.2. The molecule has 0 spiro atoms. The van der Waals surface area contributed by atoms with Gasteiger partial charge in [0, 0.05) is 17.7 Å². The van der Waals surface area contributed by atoms with Gasteiger partial charge in [-0.1, -0.05) is 90.2 Å². The van der Waals surface area contributed by atoms with Gasteiger partial charge in [0.2, 0.25) is 5.13 Å². The van der Waals surface area contributed by atoms with Crippen LogP contribution in [0.4, 0.5) is 10.8 Å². The number of hydrogen-bond donors (Lipinski definition) is 1. The number of carbonyl (C=O) groups is 1. The van der Waals surface area contributed by atoms with E-state index in [1.807, 2.05) is 66.7 Å². The molecule has 5 rings (SSSR count). The van der Waals surface area contributed by atoms with Gasteiger partial charge in [-0.05, 0) is 29.3 Å². The largest absolute Gasteiger partial charge is 0.423 e. The minimum Gasteiger partial charge on any atom is -0.423 e. The quantitative estimate of drug-likeness (QED) is 0.0772. The van der Waals surface area contributed by atoms with Gasteiger partial charge in [0.15, 0.2) is 0 Å². The fourth-order valence-corrected chi connectivity index (χ4v) is 4.62. The molecule has 0 aliphatic rings. The number of hydrogen-bond acceptors (Lipinski definition) is 8. The predicted octanol–water partition coefficient (Wildman–Crippen LogP) is 7.05. The fraction of sp³-hybridized carbons (Fsp3) is 0. The molecule has 1 heterocycles. The van der Waals surface area contributed by atoms with Crippen LogP contribution in [0.3, 0.4) is 0 Å². The number of ether oxygens (including phenoxy) is 1. The summed E-state index contributed by atoms with van der Waals surface area (Å²) in [7, 11) is 0. The van der Waals surface area contributed by atoms with Crippen molar-refractivity contribution in [1.82, 2.24) is 4.98 Å². The predicted molar refractivity (Wildman–Crippen MR) is 149 cm³/mol. The highest BCUT2D eigenvalue weighted by atomic mass is 32.1. The summed E-state index contributed by atoms with van der Waals surface area (Å²) in [5.41, 5.74) is 6.55. The van der Waals surface area contributed by atoms with Crippen molar-refractivity contribution in [3.05, 3.63) is 130 Å². The third-order valence-electron chi connectivity index (χ3n) is 5.45. The summed E-state index contributed by atoms with van der Waals surface area (Å²) in [6.45, 7) is 0. The van der Waals surface area contributed by atoms with E-state index in [1.165, 1.54) is 35.6 Å². The van der Waals surface area contributed by atoms with Crippen LogP contribution in [0.15, 0.2) is 114 Å². The molecule has 9 heteroatoms. The van der Waals surface area contributed by atoms with Gasteiger partial charge in [0.05, 0.1) is 27.3 Å². The zero-order valence-corrected chi connectivity index (χ0v) is 20.7. The van der Waals surface area contributed by atoms with Crippen molar-refractivity contribution in [2.45, 2.75) is 0 Å². The monoisotopic (exact) mass is 520 g/mol. The molecule has 4 aromatic carbocycles. The molecule has 0 fully saturated rings. The van der Waals surface area contributed by atoms with Gasteiger partial charge in [-0.15, -0.1) is 0 Å². The number of nitrogens with zero attached hydrogens (tertiary/aromatic N) is 3. The number of nitro benzene ring substituents is 1. The molecule has 38 heavy (non-hydrogen) atoms. The zero-order valence-electron chi connectivity index (χ0n) is 19.9. The second-order valence-corrected chi connectivity index (χ2v) is 9.07. The first-order valence-corrected chi connectivity index (χ1v) is 12.4. The number of benzene rings is 4. The lowest BCUT2D eigenvalue weighted by Gasteiger charge is -2.05. The van der Waals surface area contributed by atoms with Crippen LogP contribution in [-0.2, 0) is 0 Å². The zero-order chi connectivity index (χ0) is 26.3. The average molecular weight is 521 g/mol. The maximum absolute atomic E-state index is 12.5. The molecular weight excluding hydrogens is 500 g/mol. The van der Waals surface area contributed by atoms with Crippen LogP contribution in [0, 0.1) is 10.1 Å². The molecule has 0 unspecified atom stereocenters. The molecule has 0 aliphatic carbocycles. The van der Waals surface area contributed by atoms with Crippen LogP contribution in [-0.4, -0.2) is 22.1 Å². The SMILES string of the molecule is O=C(Oc1cccc(/C=N\Nc2nc(-c3ccccc3)c(-c3ccccc3)s2)c1)c1cccc([N+](=O)[O-])c1. The number of esters is 1. The van der Waals surface area contributed by atoms with E-state index in [0.717, 1.165) is 21.7 Å². The molecule has 5 aromatic rings. The molecule has 8 nitrogen and oxygen atoms in total. The van der Waals surface area contributed by atoms with Gasteiger partial charge in [-0.25, -0.2) is 9.78 Å². The molecule has 1 aromatic heterocycles. The number of thiazole rings is 1. The highest BCUT2D eigenvalue weighted by Crippen LogP contribution is 2.38. The minimum absolute atomic E-state index is 0.0900.